The number of hydrogen-bond acceptors (Lipinski definition) is 2. The molecule has 1 atom stereocenters. The molecule has 96 valence electrons. The zero-order valence-corrected chi connectivity index (χ0v) is 12.7. The van der Waals surface area contributed by atoms with Gasteiger partial charge in [-0.1, -0.05) is 34.6 Å². The van der Waals surface area contributed by atoms with Crippen LogP contribution in [-0.2, 0) is 0 Å². The van der Waals surface area contributed by atoms with E-state index in [1.54, 1.807) is 0 Å². The molecule has 0 aliphatic heterocycles. The van der Waals surface area contributed by atoms with Crippen LogP contribution in [0.25, 0.3) is 0 Å². The van der Waals surface area contributed by atoms with Crippen LogP contribution < -0.4 is 5.32 Å². The molecule has 0 radical (unpaired) electrons. The van der Waals surface area contributed by atoms with Crippen LogP contribution >= 0.6 is 11.3 Å². The highest BCUT2D eigenvalue weighted by Crippen LogP contribution is 2.72. The largest absolute Gasteiger partial charge is 0.310 e. The summed E-state index contributed by atoms with van der Waals surface area (Å²) < 4.78 is 0. The van der Waals surface area contributed by atoms with Gasteiger partial charge < -0.3 is 5.32 Å². The second kappa shape index (κ2) is 4.10. The van der Waals surface area contributed by atoms with Gasteiger partial charge in [-0.05, 0) is 47.2 Å². The lowest BCUT2D eigenvalue weighted by molar-refractivity contribution is 0.418. The summed E-state index contributed by atoms with van der Waals surface area (Å²) in [6.07, 6.45) is 0. The highest BCUT2D eigenvalue weighted by atomic mass is 32.1. The third kappa shape index (κ3) is 1.86. The molecule has 2 heteroatoms. The van der Waals surface area contributed by atoms with E-state index in [4.69, 9.17) is 0 Å². The van der Waals surface area contributed by atoms with Crippen LogP contribution in [-0.4, -0.2) is 6.54 Å². The molecule has 1 nitrogen and oxygen atoms in total. The van der Waals surface area contributed by atoms with Crippen LogP contribution in [0, 0.1) is 23.7 Å². The molecule has 0 bridgehead atoms. The molecule has 0 aromatic carbocycles. The molecule has 1 aromatic heterocycles. The first-order valence-electron chi connectivity index (χ1n) is 6.61. The summed E-state index contributed by atoms with van der Waals surface area (Å²) >= 11 is 1.86. The second-order valence-corrected chi connectivity index (χ2v) is 7.51. The van der Waals surface area contributed by atoms with Gasteiger partial charge in [0.1, 0.15) is 0 Å². The summed E-state index contributed by atoms with van der Waals surface area (Å²) in [4.78, 5) is 1.47. The summed E-state index contributed by atoms with van der Waals surface area (Å²) in [6, 6.07) is 2.83. The van der Waals surface area contributed by atoms with Crippen molar-refractivity contribution in [3.05, 3.63) is 21.9 Å². The van der Waals surface area contributed by atoms with E-state index in [2.05, 4.69) is 58.3 Å². The molecule has 1 aliphatic carbocycles. The van der Waals surface area contributed by atoms with Crippen LogP contribution in [0.1, 0.15) is 51.1 Å². The summed E-state index contributed by atoms with van der Waals surface area (Å²) in [5, 5.41) is 5.93. The van der Waals surface area contributed by atoms with E-state index in [1.807, 2.05) is 11.3 Å². The number of rotatable bonds is 4. The number of thiophene rings is 1. The van der Waals surface area contributed by atoms with Crippen LogP contribution in [0.2, 0.25) is 0 Å². The van der Waals surface area contributed by atoms with E-state index in [0.29, 0.717) is 16.9 Å². The van der Waals surface area contributed by atoms with Crippen molar-refractivity contribution < 1.29 is 0 Å². The Labute approximate surface area is 110 Å². The molecule has 1 unspecified atom stereocenters. The first-order chi connectivity index (χ1) is 7.84. The van der Waals surface area contributed by atoms with Gasteiger partial charge in [-0.25, -0.2) is 0 Å². The monoisotopic (exact) mass is 251 g/mol. The Kier molecular flexibility index (Phi) is 3.16. The predicted molar refractivity (Wildman–Crippen MR) is 76.5 cm³/mol. The maximum Gasteiger partial charge on any atom is 0.0370 e. The van der Waals surface area contributed by atoms with Gasteiger partial charge in [-0.15, -0.1) is 11.3 Å². The first-order valence-corrected chi connectivity index (χ1v) is 7.49. The van der Waals surface area contributed by atoms with E-state index in [-0.39, 0.29) is 0 Å². The molecule has 17 heavy (non-hydrogen) atoms. The summed E-state index contributed by atoms with van der Waals surface area (Å²) in [5.74, 6) is 0.739. The smallest absolute Gasteiger partial charge is 0.0370 e. The van der Waals surface area contributed by atoms with Gasteiger partial charge in [-0.3, -0.25) is 0 Å². The lowest BCUT2D eigenvalue weighted by Gasteiger charge is -2.20. The minimum absolute atomic E-state index is 0.439. The minimum atomic E-state index is 0.439. The van der Waals surface area contributed by atoms with Crippen molar-refractivity contribution in [2.45, 2.75) is 47.6 Å². The molecule has 0 saturated heterocycles. The molecule has 1 aliphatic rings. The van der Waals surface area contributed by atoms with E-state index in [0.717, 1.165) is 12.5 Å². The fourth-order valence-corrected chi connectivity index (χ4v) is 4.18. The van der Waals surface area contributed by atoms with E-state index < -0.39 is 0 Å². The molecule has 2 rings (SSSR count). The Hall–Kier alpha value is -0.340. The van der Waals surface area contributed by atoms with E-state index >= 15 is 0 Å². The third-order valence-electron chi connectivity index (χ3n) is 5.12. The normalized spacial score (nSPS) is 23.6. The van der Waals surface area contributed by atoms with E-state index in [1.165, 1.54) is 10.4 Å². The van der Waals surface area contributed by atoms with Crippen LogP contribution in [0.5, 0.6) is 0 Å². The third-order valence-corrected chi connectivity index (χ3v) is 5.99. The van der Waals surface area contributed by atoms with Crippen molar-refractivity contribution in [1.29, 1.82) is 0 Å². The zero-order chi connectivity index (χ0) is 12.8. The highest BCUT2D eigenvalue weighted by Gasteiger charge is 2.67. The fourth-order valence-electron chi connectivity index (χ4n) is 3.43. The Balaban J connectivity index is 2.30. The van der Waals surface area contributed by atoms with Crippen molar-refractivity contribution in [3.8, 4) is 0 Å². The topological polar surface area (TPSA) is 12.0 Å². The summed E-state index contributed by atoms with van der Waals surface area (Å²) in [5.41, 5.74) is 2.39. The Morgan fingerprint density at radius 2 is 1.88 bits per heavy atom. The molecule has 1 aromatic rings. The van der Waals surface area contributed by atoms with Crippen molar-refractivity contribution in [2.24, 2.45) is 16.7 Å². The highest BCUT2D eigenvalue weighted by molar-refractivity contribution is 7.10. The molecule has 1 N–H and O–H groups in total. The van der Waals surface area contributed by atoms with Gasteiger partial charge in [-0.2, -0.15) is 0 Å². The summed E-state index contributed by atoms with van der Waals surface area (Å²) in [6.45, 7) is 15.1. The number of hydrogen-bond donors (Lipinski definition) is 1. The molecular weight excluding hydrogens is 226 g/mol. The number of nitrogens with one attached hydrogen (secondary N) is 1. The van der Waals surface area contributed by atoms with Gasteiger partial charge in [0.15, 0.2) is 0 Å². The average Bonchev–Trinajstić information content (AvgIpc) is 2.56. The molecule has 1 fully saturated rings. The fraction of sp³-hybridized carbons (Fsp3) is 0.733. The number of aryl methyl sites for hydroxylation is 1. The molecular formula is C15H25NS. The van der Waals surface area contributed by atoms with Crippen molar-refractivity contribution in [3.63, 3.8) is 0 Å². The molecule has 1 saturated carbocycles. The molecule has 0 amide bonds. The molecule has 1 heterocycles. The van der Waals surface area contributed by atoms with Gasteiger partial charge in [0.25, 0.3) is 0 Å². The first kappa shape index (κ1) is 13.1. The van der Waals surface area contributed by atoms with Gasteiger partial charge in [0, 0.05) is 10.9 Å². The average molecular weight is 251 g/mol. The van der Waals surface area contributed by atoms with Crippen molar-refractivity contribution >= 4 is 11.3 Å². The van der Waals surface area contributed by atoms with Crippen LogP contribution in [0.3, 0.4) is 0 Å². The lowest BCUT2D eigenvalue weighted by Crippen LogP contribution is -2.25. The van der Waals surface area contributed by atoms with E-state index in [9.17, 15) is 0 Å². The lowest BCUT2D eigenvalue weighted by atomic mass is 9.97. The quantitative estimate of drug-likeness (QED) is 0.837. The van der Waals surface area contributed by atoms with Crippen molar-refractivity contribution in [2.75, 3.05) is 6.54 Å². The van der Waals surface area contributed by atoms with Gasteiger partial charge in [0.2, 0.25) is 0 Å². The van der Waals surface area contributed by atoms with Gasteiger partial charge >= 0.3 is 0 Å². The summed E-state index contributed by atoms with van der Waals surface area (Å²) in [7, 11) is 0. The maximum absolute atomic E-state index is 3.71. The maximum atomic E-state index is 3.71. The standard InChI is InChI=1S/C15H25NS/c1-7-16-12(11-8-9-17-10(11)2)13-14(3,4)15(13,5)6/h8-9,12-13,16H,7H2,1-6H3. The SMILES string of the molecule is CCNC(c1ccsc1C)C1C(C)(C)C1(C)C. The molecule has 0 spiro atoms. The predicted octanol–water partition coefficient (Wildman–Crippen LogP) is 4.39. The minimum Gasteiger partial charge on any atom is -0.310 e. The van der Waals surface area contributed by atoms with Crippen molar-refractivity contribution in [1.82, 2.24) is 5.32 Å². The zero-order valence-electron chi connectivity index (χ0n) is 11.9. The van der Waals surface area contributed by atoms with Crippen LogP contribution in [0.4, 0.5) is 0 Å². The second-order valence-electron chi connectivity index (χ2n) is 6.39. The van der Waals surface area contributed by atoms with Crippen LogP contribution in [0.15, 0.2) is 11.4 Å². The Morgan fingerprint density at radius 3 is 2.24 bits per heavy atom. The Morgan fingerprint density at radius 1 is 1.29 bits per heavy atom. The Bertz CT molecular complexity index is 389. The van der Waals surface area contributed by atoms with Gasteiger partial charge in [0.05, 0.1) is 0 Å².